The molecule has 0 saturated carbocycles. The molecule has 0 aromatic heterocycles. The molecule has 0 atom stereocenters. The Morgan fingerprint density at radius 2 is 1.83 bits per heavy atom. The molecule has 98 valence electrons. The number of phenols is 1. The molecule has 2 rings (SSSR count). The van der Waals surface area contributed by atoms with Crippen molar-refractivity contribution in [2.45, 2.75) is 51.9 Å². The predicted octanol–water partition coefficient (Wildman–Crippen LogP) is 3.27. The van der Waals surface area contributed by atoms with E-state index >= 15 is 0 Å². The van der Waals surface area contributed by atoms with Crippen molar-refractivity contribution in [3.8, 4) is 5.75 Å². The molecule has 2 N–H and O–H groups in total. The average molecular weight is 248 g/mol. The molecule has 3 nitrogen and oxygen atoms in total. The Morgan fingerprint density at radius 1 is 1.22 bits per heavy atom. The highest BCUT2D eigenvalue weighted by atomic mass is 16.4. The fourth-order valence-electron chi connectivity index (χ4n) is 2.70. The minimum atomic E-state index is -1.02. The van der Waals surface area contributed by atoms with Crippen LogP contribution in [0.1, 0.15) is 60.7 Å². The van der Waals surface area contributed by atoms with Gasteiger partial charge in [-0.25, -0.2) is 4.79 Å². The minimum absolute atomic E-state index is 0.0457. The molecule has 0 unspecified atom stereocenters. The van der Waals surface area contributed by atoms with Crippen LogP contribution in [0.4, 0.5) is 0 Å². The molecule has 0 spiro atoms. The quantitative estimate of drug-likeness (QED) is 0.802. The van der Waals surface area contributed by atoms with Gasteiger partial charge in [0.15, 0.2) is 0 Å². The number of carbonyl (C=O) groups is 1. The summed E-state index contributed by atoms with van der Waals surface area (Å²) < 4.78 is 0. The van der Waals surface area contributed by atoms with Crippen LogP contribution in [0.5, 0.6) is 5.75 Å². The first-order chi connectivity index (χ1) is 8.32. The lowest BCUT2D eigenvalue weighted by Crippen LogP contribution is -2.18. The van der Waals surface area contributed by atoms with Crippen LogP contribution >= 0.6 is 0 Å². The molecule has 0 heterocycles. The van der Waals surface area contributed by atoms with Crippen LogP contribution in [0.3, 0.4) is 0 Å². The van der Waals surface area contributed by atoms with E-state index in [2.05, 4.69) is 0 Å². The number of hydrogen-bond acceptors (Lipinski definition) is 2. The van der Waals surface area contributed by atoms with Gasteiger partial charge in [-0.2, -0.15) is 0 Å². The fourth-order valence-corrected chi connectivity index (χ4v) is 2.70. The van der Waals surface area contributed by atoms with Gasteiger partial charge in [0.1, 0.15) is 11.3 Å². The van der Waals surface area contributed by atoms with Gasteiger partial charge < -0.3 is 10.2 Å². The molecular formula is C15H20O3. The summed E-state index contributed by atoms with van der Waals surface area (Å²) in [7, 11) is 0. The summed E-state index contributed by atoms with van der Waals surface area (Å²) in [5, 5.41) is 19.6. The zero-order valence-electron chi connectivity index (χ0n) is 11.2. The standard InChI is InChI=1S/C15H20O3/c1-15(2,3)11-8-9-6-4-5-7-10(9)12(13(11)16)14(17)18/h8,16H,4-7H2,1-3H3,(H,17,18). The van der Waals surface area contributed by atoms with E-state index in [1.165, 1.54) is 0 Å². The molecule has 1 aromatic carbocycles. The van der Waals surface area contributed by atoms with Crippen LogP contribution in [0.25, 0.3) is 0 Å². The maximum Gasteiger partial charge on any atom is 0.339 e. The summed E-state index contributed by atoms with van der Waals surface area (Å²) >= 11 is 0. The Kier molecular flexibility index (Phi) is 3.09. The molecule has 1 aromatic rings. The van der Waals surface area contributed by atoms with Gasteiger partial charge in [-0.15, -0.1) is 0 Å². The fraction of sp³-hybridized carbons (Fsp3) is 0.533. The Labute approximate surface area is 107 Å². The van der Waals surface area contributed by atoms with E-state index in [-0.39, 0.29) is 16.7 Å². The summed E-state index contributed by atoms with van der Waals surface area (Å²) in [6.07, 6.45) is 3.77. The normalized spacial score (nSPS) is 15.3. The molecule has 18 heavy (non-hydrogen) atoms. The van der Waals surface area contributed by atoms with E-state index in [4.69, 9.17) is 0 Å². The molecule has 0 saturated heterocycles. The highest BCUT2D eigenvalue weighted by Crippen LogP contribution is 2.39. The van der Waals surface area contributed by atoms with Gasteiger partial charge in [-0.1, -0.05) is 26.8 Å². The Hall–Kier alpha value is -1.51. The van der Waals surface area contributed by atoms with E-state index in [1.54, 1.807) is 0 Å². The number of aromatic hydroxyl groups is 1. The summed E-state index contributed by atoms with van der Waals surface area (Å²) in [5.74, 6) is -1.06. The summed E-state index contributed by atoms with van der Waals surface area (Å²) in [4.78, 5) is 11.4. The Morgan fingerprint density at radius 3 is 2.39 bits per heavy atom. The second kappa shape index (κ2) is 4.30. The number of rotatable bonds is 1. The molecule has 1 aliphatic rings. The first kappa shape index (κ1) is 12.9. The van der Waals surface area contributed by atoms with Gasteiger partial charge in [0.25, 0.3) is 0 Å². The second-order valence-electron chi connectivity index (χ2n) is 6.05. The molecule has 0 aliphatic heterocycles. The average Bonchev–Trinajstić information content (AvgIpc) is 2.26. The zero-order chi connectivity index (χ0) is 13.5. The van der Waals surface area contributed by atoms with Crippen LogP contribution in [-0.4, -0.2) is 16.2 Å². The van der Waals surface area contributed by atoms with Crippen molar-refractivity contribution in [2.75, 3.05) is 0 Å². The lowest BCUT2D eigenvalue weighted by Gasteiger charge is -2.26. The van der Waals surface area contributed by atoms with Crippen LogP contribution in [0, 0.1) is 0 Å². The maximum absolute atomic E-state index is 11.4. The van der Waals surface area contributed by atoms with Gasteiger partial charge in [0.2, 0.25) is 0 Å². The van der Waals surface area contributed by atoms with Crippen LogP contribution in [0.2, 0.25) is 0 Å². The first-order valence-corrected chi connectivity index (χ1v) is 6.44. The summed E-state index contributed by atoms with van der Waals surface area (Å²) in [6.45, 7) is 5.97. The van der Waals surface area contributed by atoms with Crippen molar-refractivity contribution in [1.29, 1.82) is 0 Å². The number of carboxylic acids is 1. The van der Waals surface area contributed by atoms with Crippen LogP contribution in [-0.2, 0) is 18.3 Å². The van der Waals surface area contributed by atoms with Crippen molar-refractivity contribution in [2.24, 2.45) is 0 Å². The molecule has 0 amide bonds. The van der Waals surface area contributed by atoms with Crippen LogP contribution < -0.4 is 0 Å². The number of fused-ring (bicyclic) bond motifs is 1. The third-order valence-corrected chi connectivity index (χ3v) is 3.64. The van der Waals surface area contributed by atoms with Gasteiger partial charge in [0.05, 0.1) is 0 Å². The molecular weight excluding hydrogens is 228 g/mol. The van der Waals surface area contributed by atoms with Gasteiger partial charge in [-0.05, 0) is 42.2 Å². The second-order valence-corrected chi connectivity index (χ2v) is 6.05. The van der Waals surface area contributed by atoms with Crippen LogP contribution in [0.15, 0.2) is 6.07 Å². The number of benzene rings is 1. The molecule has 0 bridgehead atoms. The predicted molar refractivity (Wildman–Crippen MR) is 70.4 cm³/mol. The summed E-state index contributed by atoms with van der Waals surface area (Å²) in [6, 6.07) is 2.00. The topological polar surface area (TPSA) is 57.5 Å². The zero-order valence-corrected chi connectivity index (χ0v) is 11.2. The van der Waals surface area contributed by atoms with Crippen molar-refractivity contribution in [1.82, 2.24) is 0 Å². The maximum atomic E-state index is 11.4. The van der Waals surface area contributed by atoms with Crippen molar-refractivity contribution >= 4 is 5.97 Å². The molecule has 3 heteroatoms. The summed E-state index contributed by atoms with van der Waals surface area (Å²) in [5.41, 5.74) is 2.54. The smallest absolute Gasteiger partial charge is 0.339 e. The lowest BCUT2D eigenvalue weighted by molar-refractivity contribution is 0.0691. The highest BCUT2D eigenvalue weighted by molar-refractivity contribution is 5.94. The SMILES string of the molecule is CC(C)(C)c1cc2c(c(C(=O)O)c1O)CCCC2. The van der Waals surface area contributed by atoms with E-state index in [0.29, 0.717) is 0 Å². The lowest BCUT2D eigenvalue weighted by atomic mass is 9.79. The third kappa shape index (κ3) is 2.09. The number of aryl methyl sites for hydroxylation is 1. The highest BCUT2D eigenvalue weighted by Gasteiger charge is 2.28. The van der Waals surface area contributed by atoms with Gasteiger partial charge in [-0.3, -0.25) is 0 Å². The number of aromatic carboxylic acids is 1. The number of carboxylic acid groups (broad SMARTS) is 1. The first-order valence-electron chi connectivity index (χ1n) is 6.44. The van der Waals surface area contributed by atoms with E-state index in [9.17, 15) is 15.0 Å². The van der Waals surface area contributed by atoms with Crippen molar-refractivity contribution in [3.63, 3.8) is 0 Å². The Bertz CT molecular complexity index is 495. The van der Waals surface area contributed by atoms with E-state index < -0.39 is 5.97 Å². The monoisotopic (exact) mass is 248 g/mol. The molecule has 0 fully saturated rings. The van der Waals surface area contributed by atoms with E-state index in [0.717, 1.165) is 42.4 Å². The largest absolute Gasteiger partial charge is 0.507 e. The molecule has 0 radical (unpaired) electrons. The van der Waals surface area contributed by atoms with Gasteiger partial charge in [0, 0.05) is 5.56 Å². The van der Waals surface area contributed by atoms with E-state index in [1.807, 2.05) is 26.8 Å². The van der Waals surface area contributed by atoms with Gasteiger partial charge >= 0.3 is 5.97 Å². The molecule has 1 aliphatic carbocycles. The number of hydrogen-bond donors (Lipinski definition) is 2. The third-order valence-electron chi connectivity index (χ3n) is 3.64. The van der Waals surface area contributed by atoms with Crippen molar-refractivity contribution in [3.05, 3.63) is 28.3 Å². The van der Waals surface area contributed by atoms with Crippen molar-refractivity contribution < 1.29 is 15.0 Å². The Balaban J connectivity index is 2.73. The minimum Gasteiger partial charge on any atom is -0.507 e.